The van der Waals surface area contributed by atoms with E-state index in [1.807, 2.05) is 50.2 Å². The molecule has 0 amide bonds. The van der Waals surface area contributed by atoms with Crippen molar-refractivity contribution in [1.82, 2.24) is 24.8 Å². The Morgan fingerprint density at radius 2 is 1.41 bits per heavy atom. The van der Waals surface area contributed by atoms with Crippen molar-refractivity contribution in [3.63, 3.8) is 0 Å². The van der Waals surface area contributed by atoms with Gasteiger partial charge in [-0.1, -0.05) is 13.8 Å². The summed E-state index contributed by atoms with van der Waals surface area (Å²) in [5.41, 5.74) is 5.87. The summed E-state index contributed by atoms with van der Waals surface area (Å²) in [7, 11) is 3.51. The van der Waals surface area contributed by atoms with Gasteiger partial charge < -0.3 is 39.1 Å². The average Bonchev–Trinajstić information content (AvgIpc) is 3.82. The van der Waals surface area contributed by atoms with Crippen LogP contribution in [-0.4, -0.2) is 94.4 Å². The molecule has 0 atom stereocenters. The van der Waals surface area contributed by atoms with Gasteiger partial charge in [-0.25, -0.2) is 14.8 Å². The van der Waals surface area contributed by atoms with Gasteiger partial charge in [0.05, 0.1) is 53.4 Å². The molecular formula is C40H45N7O7. The van der Waals surface area contributed by atoms with Crippen molar-refractivity contribution in [3.05, 3.63) is 88.5 Å². The number of carboxylic acid groups (broad SMARTS) is 1. The minimum absolute atomic E-state index is 0.125. The predicted molar refractivity (Wildman–Crippen MR) is 209 cm³/mol. The summed E-state index contributed by atoms with van der Waals surface area (Å²) in [4.78, 5) is 43.4. The quantitative estimate of drug-likeness (QED) is 0.0566. The molecule has 0 bridgehead atoms. The number of imidazole rings is 2. The number of unbranched alkanes of at least 4 members (excludes halogenated alkanes) is 2. The lowest BCUT2D eigenvalue weighted by atomic mass is 10.1. The number of nitrogens with one attached hydrogen (secondary N) is 2. The van der Waals surface area contributed by atoms with Gasteiger partial charge in [0.2, 0.25) is 0 Å². The first-order valence-electron chi connectivity index (χ1n) is 18.1. The maximum Gasteiger partial charge on any atom is 0.342 e. The van der Waals surface area contributed by atoms with Crippen molar-refractivity contribution in [2.24, 2.45) is 0 Å². The number of piperazine rings is 1. The van der Waals surface area contributed by atoms with Crippen molar-refractivity contribution in [2.45, 2.75) is 33.1 Å². The zero-order valence-corrected chi connectivity index (χ0v) is 30.9. The number of H-pyrrole nitrogens is 2. The smallest absolute Gasteiger partial charge is 0.342 e. The molecule has 0 aliphatic carbocycles. The van der Waals surface area contributed by atoms with Gasteiger partial charge >= 0.3 is 5.97 Å². The lowest BCUT2D eigenvalue weighted by Crippen LogP contribution is -2.44. The number of aromatic nitrogens is 4. The largest absolute Gasteiger partial charge is 0.494 e. The number of nitro benzene ring substituents is 1. The monoisotopic (exact) mass is 735 g/mol. The zero-order valence-electron chi connectivity index (χ0n) is 30.9. The van der Waals surface area contributed by atoms with Crippen molar-refractivity contribution in [1.29, 1.82) is 0 Å². The number of benzene rings is 4. The number of carbonyl (C=O) groups is 1. The molecule has 1 aliphatic rings. The molecule has 0 spiro atoms. The first-order valence-corrected chi connectivity index (χ1v) is 18.1. The van der Waals surface area contributed by atoms with Crippen LogP contribution in [0.25, 0.3) is 44.8 Å². The molecule has 1 saturated heterocycles. The number of hydrogen-bond donors (Lipinski definition) is 3. The first kappa shape index (κ1) is 37.6. The SMILES string of the molecule is CC.COc1cc(C(=O)O)c([N+](=O)[O-])cc1OCCCCCOc1ccc(-c2nc3ccc(-c4nc5ccc(N6CCN(C)CC6)cc5[nH]4)cc3[nH]2)cc1. The molecule has 0 radical (unpaired) electrons. The van der Waals surface area contributed by atoms with Crippen LogP contribution in [-0.2, 0) is 0 Å². The Hall–Kier alpha value is -6.15. The first-order chi connectivity index (χ1) is 26.2. The molecule has 6 aromatic rings. The summed E-state index contributed by atoms with van der Waals surface area (Å²) < 4.78 is 16.8. The highest BCUT2D eigenvalue weighted by Gasteiger charge is 2.24. The van der Waals surface area contributed by atoms with Crippen molar-refractivity contribution in [2.75, 3.05) is 58.5 Å². The standard InChI is InChI=1S/C38H39N7O7.C2H6/c1-43-14-16-44(17-15-43)26-9-13-30-32(21-26)42-37(40-30)25-8-12-29-31(20-25)41-36(39-29)24-6-10-27(11-7-24)51-18-4-3-5-19-52-35-23-33(45(48)49)28(38(46)47)22-34(35)50-2;1-2/h6-13,20-23H,3-5,14-19H2,1-2H3,(H,39,41)(H,40,42)(H,46,47);1-2H3. The topological polar surface area (TPSA) is 172 Å². The van der Waals surface area contributed by atoms with Gasteiger partial charge in [0, 0.05) is 49.1 Å². The van der Waals surface area contributed by atoms with Crippen LogP contribution in [0, 0.1) is 10.1 Å². The molecule has 2 aromatic heterocycles. The van der Waals surface area contributed by atoms with E-state index < -0.39 is 22.1 Å². The molecule has 1 fully saturated rings. The number of anilines is 1. The molecule has 14 nitrogen and oxygen atoms in total. The number of hydrogen-bond acceptors (Lipinski definition) is 10. The molecule has 7 rings (SSSR count). The summed E-state index contributed by atoms with van der Waals surface area (Å²) in [6, 6.07) is 22.5. The Labute approximate surface area is 312 Å². The van der Waals surface area contributed by atoms with E-state index in [1.165, 1.54) is 12.8 Å². The molecule has 54 heavy (non-hydrogen) atoms. The van der Waals surface area contributed by atoms with Crippen LogP contribution in [0.2, 0.25) is 0 Å². The Bertz CT molecular complexity index is 2220. The van der Waals surface area contributed by atoms with E-state index >= 15 is 0 Å². The van der Waals surface area contributed by atoms with Crippen LogP contribution in [0.4, 0.5) is 11.4 Å². The maximum atomic E-state index is 11.4. The lowest BCUT2D eigenvalue weighted by Gasteiger charge is -2.34. The van der Waals surface area contributed by atoms with Crippen LogP contribution >= 0.6 is 0 Å². The van der Waals surface area contributed by atoms with E-state index in [9.17, 15) is 20.0 Å². The second kappa shape index (κ2) is 17.1. The minimum Gasteiger partial charge on any atom is -0.494 e. The Balaban J connectivity index is 0.00000245. The van der Waals surface area contributed by atoms with Gasteiger partial charge in [-0.15, -0.1) is 0 Å². The highest BCUT2D eigenvalue weighted by Crippen LogP contribution is 2.35. The van der Waals surface area contributed by atoms with Gasteiger partial charge in [-0.3, -0.25) is 10.1 Å². The number of aromatic amines is 2. The van der Waals surface area contributed by atoms with Gasteiger partial charge in [-0.05, 0) is 87.0 Å². The van der Waals surface area contributed by atoms with Gasteiger partial charge in [0.1, 0.15) is 23.0 Å². The number of carboxylic acids is 1. The summed E-state index contributed by atoms with van der Waals surface area (Å²) in [6.07, 6.45) is 2.24. The van der Waals surface area contributed by atoms with Gasteiger partial charge in [0.25, 0.3) is 5.69 Å². The van der Waals surface area contributed by atoms with E-state index in [2.05, 4.69) is 51.1 Å². The molecule has 3 heterocycles. The Morgan fingerprint density at radius 1 is 0.796 bits per heavy atom. The lowest BCUT2D eigenvalue weighted by molar-refractivity contribution is -0.385. The number of aromatic carboxylic acids is 1. The second-order valence-electron chi connectivity index (χ2n) is 12.8. The fourth-order valence-corrected chi connectivity index (χ4v) is 6.30. The highest BCUT2D eigenvalue weighted by molar-refractivity contribution is 5.93. The summed E-state index contributed by atoms with van der Waals surface area (Å²) >= 11 is 0. The van der Waals surface area contributed by atoms with E-state index in [0.29, 0.717) is 13.0 Å². The fraction of sp³-hybridized carbons (Fsp3) is 0.325. The fourth-order valence-electron chi connectivity index (χ4n) is 6.30. The third-order valence-electron chi connectivity index (χ3n) is 9.24. The summed E-state index contributed by atoms with van der Waals surface area (Å²) in [5, 5.41) is 20.6. The van der Waals surface area contributed by atoms with Crippen LogP contribution < -0.4 is 19.1 Å². The predicted octanol–water partition coefficient (Wildman–Crippen LogP) is 7.79. The summed E-state index contributed by atoms with van der Waals surface area (Å²) in [6.45, 7) is 8.94. The number of nitrogens with zero attached hydrogens (tertiary/aromatic N) is 5. The molecule has 0 unspecified atom stereocenters. The molecule has 282 valence electrons. The molecule has 3 N–H and O–H groups in total. The molecule has 14 heteroatoms. The van der Waals surface area contributed by atoms with E-state index in [4.69, 9.17) is 24.2 Å². The van der Waals surface area contributed by atoms with Crippen LogP contribution in [0.15, 0.2) is 72.8 Å². The van der Waals surface area contributed by atoms with E-state index in [1.54, 1.807) is 0 Å². The third kappa shape index (κ3) is 8.55. The summed E-state index contributed by atoms with van der Waals surface area (Å²) in [5.74, 6) is 1.16. The van der Waals surface area contributed by atoms with Gasteiger partial charge in [-0.2, -0.15) is 0 Å². The number of likely N-dealkylation sites (N-methyl/N-ethyl adjacent to an activating group) is 1. The zero-order chi connectivity index (χ0) is 38.2. The molecule has 4 aromatic carbocycles. The number of nitro groups is 1. The number of methoxy groups -OCH3 is 1. The second-order valence-corrected chi connectivity index (χ2v) is 12.8. The molecule has 1 aliphatic heterocycles. The van der Waals surface area contributed by atoms with Crippen LogP contribution in [0.3, 0.4) is 0 Å². The normalized spacial score (nSPS) is 13.1. The van der Waals surface area contributed by atoms with E-state index in [-0.39, 0.29) is 18.1 Å². The Morgan fingerprint density at radius 3 is 2.06 bits per heavy atom. The third-order valence-corrected chi connectivity index (χ3v) is 9.24. The number of rotatable bonds is 14. The number of ether oxygens (including phenoxy) is 3. The average molecular weight is 736 g/mol. The maximum absolute atomic E-state index is 11.4. The van der Waals surface area contributed by atoms with Gasteiger partial charge in [0.15, 0.2) is 11.5 Å². The highest BCUT2D eigenvalue weighted by atomic mass is 16.6. The van der Waals surface area contributed by atoms with Crippen molar-refractivity contribution < 1.29 is 29.0 Å². The molecular weight excluding hydrogens is 690 g/mol. The van der Waals surface area contributed by atoms with Crippen molar-refractivity contribution >= 4 is 39.4 Å². The Kier molecular flexibility index (Phi) is 11.9. The molecule has 0 saturated carbocycles. The number of fused-ring (bicyclic) bond motifs is 2. The van der Waals surface area contributed by atoms with Crippen LogP contribution in [0.5, 0.6) is 17.2 Å². The minimum atomic E-state index is -1.41. The van der Waals surface area contributed by atoms with Crippen molar-refractivity contribution in [3.8, 4) is 40.0 Å². The van der Waals surface area contributed by atoms with E-state index in [0.717, 1.165) is 102 Å². The van der Waals surface area contributed by atoms with Crippen LogP contribution in [0.1, 0.15) is 43.5 Å².